The first kappa shape index (κ1) is 13.7. The summed E-state index contributed by atoms with van der Waals surface area (Å²) >= 11 is 1.66. The van der Waals surface area contributed by atoms with Crippen molar-refractivity contribution in [3.63, 3.8) is 0 Å². The molecule has 2 aromatic heterocycles. The van der Waals surface area contributed by atoms with Crippen molar-refractivity contribution in [3.05, 3.63) is 42.2 Å². The van der Waals surface area contributed by atoms with E-state index in [1.165, 1.54) is 48.3 Å². The van der Waals surface area contributed by atoms with E-state index in [0.29, 0.717) is 5.82 Å². The van der Waals surface area contributed by atoms with Gasteiger partial charge < -0.3 is 5.73 Å². The number of anilines is 1. The molecule has 0 radical (unpaired) electrons. The van der Waals surface area contributed by atoms with Gasteiger partial charge in [0, 0.05) is 11.4 Å². The maximum absolute atomic E-state index is 5.92. The molecule has 3 heterocycles. The Bertz CT molecular complexity index is 788. The normalized spacial score (nSPS) is 15.6. The maximum Gasteiger partial charge on any atom is 0.144 e. The summed E-state index contributed by atoms with van der Waals surface area (Å²) in [6, 6.07) is 10.9. The molecule has 0 unspecified atom stereocenters. The summed E-state index contributed by atoms with van der Waals surface area (Å²) in [7, 11) is 0. The molecular formula is C17H18N4S. The maximum atomic E-state index is 5.92. The molecule has 4 nitrogen and oxygen atoms in total. The van der Waals surface area contributed by atoms with Crippen LogP contribution in [0.2, 0.25) is 0 Å². The molecule has 4 rings (SSSR count). The van der Waals surface area contributed by atoms with Crippen molar-refractivity contribution in [2.75, 3.05) is 18.8 Å². The molecule has 3 aromatic rings. The van der Waals surface area contributed by atoms with Crippen LogP contribution in [-0.2, 0) is 6.54 Å². The highest BCUT2D eigenvalue weighted by molar-refractivity contribution is 7.22. The summed E-state index contributed by atoms with van der Waals surface area (Å²) in [6.07, 6.45) is 4.19. The molecule has 0 bridgehead atoms. The van der Waals surface area contributed by atoms with Crippen LogP contribution in [0, 0.1) is 0 Å². The van der Waals surface area contributed by atoms with Crippen molar-refractivity contribution >= 4 is 27.4 Å². The lowest BCUT2D eigenvalue weighted by Crippen LogP contribution is -2.18. The van der Waals surface area contributed by atoms with E-state index >= 15 is 0 Å². The van der Waals surface area contributed by atoms with Gasteiger partial charge in [-0.1, -0.05) is 24.3 Å². The van der Waals surface area contributed by atoms with Gasteiger partial charge in [0.1, 0.15) is 12.1 Å². The van der Waals surface area contributed by atoms with Crippen LogP contribution in [-0.4, -0.2) is 28.0 Å². The number of likely N-dealkylation sites (tertiary alicyclic amines) is 1. The fraction of sp³-hybridized carbons (Fsp3) is 0.294. The van der Waals surface area contributed by atoms with E-state index < -0.39 is 0 Å². The minimum Gasteiger partial charge on any atom is -0.382 e. The van der Waals surface area contributed by atoms with E-state index in [0.717, 1.165) is 16.8 Å². The standard InChI is InChI=1S/C17H18N4S/c18-17-16-14(19-11-20-17)9-15(22-16)13-5-3-12(4-6-13)10-21-7-1-2-8-21/h3-6,9,11H,1-2,7-8,10H2,(H2,18,19,20). The molecule has 0 spiro atoms. The molecule has 1 aliphatic heterocycles. The molecule has 0 aliphatic carbocycles. The second kappa shape index (κ2) is 5.66. The molecule has 1 aliphatic rings. The lowest BCUT2D eigenvalue weighted by atomic mass is 10.1. The van der Waals surface area contributed by atoms with Crippen molar-refractivity contribution in [1.82, 2.24) is 14.9 Å². The number of fused-ring (bicyclic) bond motifs is 1. The third-order valence-electron chi connectivity index (χ3n) is 4.18. The molecule has 0 atom stereocenters. The third kappa shape index (κ3) is 2.58. The number of thiophene rings is 1. The Hall–Kier alpha value is -1.98. The predicted molar refractivity (Wildman–Crippen MR) is 91.8 cm³/mol. The van der Waals surface area contributed by atoms with Crippen LogP contribution >= 0.6 is 11.3 Å². The number of nitrogens with two attached hydrogens (primary N) is 1. The minimum atomic E-state index is 0.562. The number of aromatic nitrogens is 2. The highest BCUT2D eigenvalue weighted by Crippen LogP contribution is 2.34. The fourth-order valence-electron chi connectivity index (χ4n) is 2.99. The van der Waals surface area contributed by atoms with Crippen molar-refractivity contribution in [2.45, 2.75) is 19.4 Å². The highest BCUT2D eigenvalue weighted by atomic mass is 32.1. The Kier molecular flexibility index (Phi) is 3.52. The summed E-state index contributed by atoms with van der Waals surface area (Å²) in [4.78, 5) is 12.1. The van der Waals surface area contributed by atoms with Crippen LogP contribution in [0.1, 0.15) is 18.4 Å². The van der Waals surface area contributed by atoms with Gasteiger partial charge in [-0.2, -0.15) is 0 Å². The van der Waals surface area contributed by atoms with Gasteiger partial charge in [-0.15, -0.1) is 11.3 Å². The fourth-order valence-corrected chi connectivity index (χ4v) is 4.01. The summed E-state index contributed by atoms with van der Waals surface area (Å²) < 4.78 is 0.971. The van der Waals surface area contributed by atoms with E-state index in [-0.39, 0.29) is 0 Å². The topological polar surface area (TPSA) is 55.0 Å². The number of hydrogen-bond donors (Lipinski definition) is 1. The monoisotopic (exact) mass is 310 g/mol. The number of hydrogen-bond acceptors (Lipinski definition) is 5. The van der Waals surface area contributed by atoms with Crippen LogP contribution in [0.15, 0.2) is 36.7 Å². The molecule has 5 heteroatoms. The van der Waals surface area contributed by atoms with Crippen molar-refractivity contribution < 1.29 is 0 Å². The highest BCUT2D eigenvalue weighted by Gasteiger charge is 2.12. The van der Waals surface area contributed by atoms with Crippen LogP contribution in [0.4, 0.5) is 5.82 Å². The SMILES string of the molecule is Nc1ncnc2cc(-c3ccc(CN4CCCC4)cc3)sc12. The number of benzene rings is 1. The van der Waals surface area contributed by atoms with E-state index in [2.05, 4.69) is 45.2 Å². The Balaban J connectivity index is 1.59. The van der Waals surface area contributed by atoms with Gasteiger partial charge in [0.25, 0.3) is 0 Å². The molecule has 0 amide bonds. The quantitative estimate of drug-likeness (QED) is 0.804. The summed E-state index contributed by atoms with van der Waals surface area (Å²) in [5.41, 5.74) is 9.44. The second-order valence-electron chi connectivity index (χ2n) is 5.76. The number of nitrogen functional groups attached to an aromatic ring is 1. The average Bonchev–Trinajstić information content (AvgIpc) is 3.18. The van der Waals surface area contributed by atoms with Crippen LogP contribution < -0.4 is 5.73 Å². The lowest BCUT2D eigenvalue weighted by Gasteiger charge is -2.14. The Morgan fingerprint density at radius 1 is 1.09 bits per heavy atom. The zero-order chi connectivity index (χ0) is 14.9. The average molecular weight is 310 g/mol. The summed E-state index contributed by atoms with van der Waals surface area (Å²) in [5, 5.41) is 0. The first-order chi connectivity index (χ1) is 10.8. The van der Waals surface area contributed by atoms with Gasteiger partial charge >= 0.3 is 0 Å². The molecule has 1 fully saturated rings. The molecule has 2 N–H and O–H groups in total. The Labute approximate surface area is 133 Å². The van der Waals surface area contributed by atoms with Crippen molar-refractivity contribution in [1.29, 1.82) is 0 Å². The summed E-state index contributed by atoms with van der Waals surface area (Å²) in [6.45, 7) is 3.52. The molecule has 112 valence electrons. The van der Waals surface area contributed by atoms with E-state index in [1.54, 1.807) is 11.3 Å². The summed E-state index contributed by atoms with van der Waals surface area (Å²) in [5.74, 6) is 0.562. The van der Waals surface area contributed by atoms with E-state index in [9.17, 15) is 0 Å². The van der Waals surface area contributed by atoms with E-state index in [4.69, 9.17) is 5.73 Å². The van der Waals surface area contributed by atoms with Gasteiger partial charge in [0.05, 0.1) is 10.2 Å². The van der Waals surface area contributed by atoms with Gasteiger partial charge in [0.2, 0.25) is 0 Å². The largest absolute Gasteiger partial charge is 0.382 e. The zero-order valence-electron chi connectivity index (χ0n) is 12.3. The molecule has 1 saturated heterocycles. The lowest BCUT2D eigenvalue weighted by molar-refractivity contribution is 0.331. The van der Waals surface area contributed by atoms with Gasteiger partial charge in [-0.3, -0.25) is 4.90 Å². The molecular weight excluding hydrogens is 292 g/mol. The first-order valence-corrected chi connectivity index (χ1v) is 8.43. The number of nitrogens with zero attached hydrogens (tertiary/aromatic N) is 3. The Morgan fingerprint density at radius 3 is 2.59 bits per heavy atom. The predicted octanol–water partition coefficient (Wildman–Crippen LogP) is 3.54. The zero-order valence-corrected chi connectivity index (χ0v) is 13.1. The molecule has 1 aromatic carbocycles. The minimum absolute atomic E-state index is 0.562. The van der Waals surface area contributed by atoms with Gasteiger partial charge in [-0.25, -0.2) is 9.97 Å². The van der Waals surface area contributed by atoms with Gasteiger partial charge in [-0.05, 0) is 43.1 Å². The second-order valence-corrected chi connectivity index (χ2v) is 6.82. The first-order valence-electron chi connectivity index (χ1n) is 7.61. The van der Waals surface area contributed by atoms with Crippen LogP contribution in [0.25, 0.3) is 20.7 Å². The smallest absolute Gasteiger partial charge is 0.144 e. The number of rotatable bonds is 3. The van der Waals surface area contributed by atoms with Crippen LogP contribution in [0.5, 0.6) is 0 Å². The molecule has 0 saturated carbocycles. The van der Waals surface area contributed by atoms with Crippen molar-refractivity contribution in [2.24, 2.45) is 0 Å². The molecule has 22 heavy (non-hydrogen) atoms. The van der Waals surface area contributed by atoms with Crippen molar-refractivity contribution in [3.8, 4) is 10.4 Å². The Morgan fingerprint density at radius 2 is 1.86 bits per heavy atom. The van der Waals surface area contributed by atoms with Crippen LogP contribution in [0.3, 0.4) is 0 Å². The third-order valence-corrected chi connectivity index (χ3v) is 5.38. The van der Waals surface area contributed by atoms with E-state index in [1.807, 2.05) is 0 Å². The van der Waals surface area contributed by atoms with Gasteiger partial charge in [0.15, 0.2) is 0 Å².